The third kappa shape index (κ3) is 1.39. The van der Waals surface area contributed by atoms with E-state index in [9.17, 15) is 4.79 Å². The van der Waals surface area contributed by atoms with Crippen LogP contribution in [0.15, 0.2) is 11.1 Å². The second-order valence-corrected chi connectivity index (χ2v) is 5.23. The topological polar surface area (TPSA) is 57.8 Å². The molecule has 3 rings (SSSR count). The molecule has 1 unspecified atom stereocenters. The number of aromatic nitrogens is 2. The molecule has 0 amide bonds. The van der Waals surface area contributed by atoms with E-state index in [1.165, 1.54) is 16.8 Å². The predicted octanol–water partition coefficient (Wildman–Crippen LogP) is 1.06. The number of thiophene rings is 1. The van der Waals surface area contributed by atoms with E-state index in [1.54, 1.807) is 11.3 Å². The van der Waals surface area contributed by atoms with Gasteiger partial charge in [0.25, 0.3) is 5.56 Å². The summed E-state index contributed by atoms with van der Waals surface area (Å²) in [5.74, 6) is 0. The summed E-state index contributed by atoms with van der Waals surface area (Å²) in [6.07, 6.45) is 4.59. The zero-order valence-corrected chi connectivity index (χ0v) is 9.86. The standard InChI is InChI=1S/C11H13N3OS/c1-12-6-2-3-7-8(4-6)16-11-9(7)10(15)13-5-14-11/h5-6,12H,2-4H2,1H3,(H,13,14,15). The molecule has 1 aliphatic carbocycles. The molecule has 0 saturated heterocycles. The van der Waals surface area contributed by atoms with Crippen LogP contribution in [0, 0.1) is 0 Å². The highest BCUT2D eigenvalue weighted by Crippen LogP contribution is 2.33. The molecule has 2 heterocycles. The van der Waals surface area contributed by atoms with Gasteiger partial charge in [0.1, 0.15) is 4.83 Å². The summed E-state index contributed by atoms with van der Waals surface area (Å²) in [7, 11) is 1.99. The third-order valence-corrected chi connectivity index (χ3v) is 4.42. The van der Waals surface area contributed by atoms with Crippen molar-refractivity contribution < 1.29 is 0 Å². The Morgan fingerprint density at radius 2 is 2.50 bits per heavy atom. The Balaban J connectivity index is 2.21. The minimum Gasteiger partial charge on any atom is -0.317 e. The lowest BCUT2D eigenvalue weighted by molar-refractivity contribution is 0.503. The average Bonchev–Trinajstić information content (AvgIpc) is 2.67. The van der Waals surface area contributed by atoms with Gasteiger partial charge in [-0.25, -0.2) is 4.98 Å². The van der Waals surface area contributed by atoms with E-state index < -0.39 is 0 Å². The van der Waals surface area contributed by atoms with Gasteiger partial charge in [-0.2, -0.15) is 0 Å². The lowest BCUT2D eigenvalue weighted by Crippen LogP contribution is -2.31. The molecule has 0 saturated carbocycles. The molecule has 0 aromatic carbocycles. The highest BCUT2D eigenvalue weighted by molar-refractivity contribution is 7.18. The first kappa shape index (κ1) is 9.99. The fourth-order valence-corrected chi connectivity index (χ4v) is 3.63. The summed E-state index contributed by atoms with van der Waals surface area (Å²) >= 11 is 1.66. The van der Waals surface area contributed by atoms with Crippen LogP contribution in [0.1, 0.15) is 16.9 Å². The molecule has 2 N–H and O–H groups in total. The van der Waals surface area contributed by atoms with Crippen molar-refractivity contribution in [2.45, 2.75) is 25.3 Å². The van der Waals surface area contributed by atoms with E-state index in [0.717, 1.165) is 29.5 Å². The van der Waals surface area contributed by atoms with Gasteiger partial charge < -0.3 is 10.3 Å². The minimum atomic E-state index is 0.00501. The number of likely N-dealkylation sites (N-methyl/N-ethyl adjacent to an activating group) is 1. The maximum absolute atomic E-state index is 11.8. The molecule has 0 aliphatic heterocycles. The highest BCUT2D eigenvalue weighted by Gasteiger charge is 2.23. The summed E-state index contributed by atoms with van der Waals surface area (Å²) < 4.78 is 0. The smallest absolute Gasteiger partial charge is 0.259 e. The number of fused-ring (bicyclic) bond motifs is 3. The molecule has 0 radical (unpaired) electrons. The van der Waals surface area contributed by atoms with Crippen molar-refractivity contribution in [2.24, 2.45) is 0 Å². The monoisotopic (exact) mass is 235 g/mol. The molecule has 0 bridgehead atoms. The molecule has 2 aromatic rings. The van der Waals surface area contributed by atoms with E-state index >= 15 is 0 Å². The molecular weight excluding hydrogens is 222 g/mol. The molecule has 1 aliphatic rings. The van der Waals surface area contributed by atoms with Gasteiger partial charge in [-0.1, -0.05) is 0 Å². The molecule has 5 heteroatoms. The Labute approximate surface area is 96.7 Å². The van der Waals surface area contributed by atoms with Gasteiger partial charge in [0.2, 0.25) is 0 Å². The zero-order chi connectivity index (χ0) is 11.1. The number of nitrogens with one attached hydrogen (secondary N) is 2. The van der Waals surface area contributed by atoms with Gasteiger partial charge in [-0.05, 0) is 31.9 Å². The molecule has 1 atom stereocenters. The SMILES string of the molecule is CNC1CCc2c(sc3nc[nH]c(=O)c23)C1. The zero-order valence-electron chi connectivity index (χ0n) is 9.04. The third-order valence-electron chi connectivity index (χ3n) is 3.26. The lowest BCUT2D eigenvalue weighted by Gasteiger charge is -2.21. The summed E-state index contributed by atoms with van der Waals surface area (Å²) in [5, 5.41) is 4.12. The van der Waals surface area contributed by atoms with E-state index in [2.05, 4.69) is 15.3 Å². The largest absolute Gasteiger partial charge is 0.317 e. The van der Waals surface area contributed by atoms with Gasteiger partial charge >= 0.3 is 0 Å². The summed E-state index contributed by atoms with van der Waals surface area (Å²) in [6, 6.07) is 0.541. The van der Waals surface area contributed by atoms with E-state index in [1.807, 2.05) is 7.05 Å². The van der Waals surface area contributed by atoms with Gasteiger partial charge in [0.15, 0.2) is 0 Å². The first-order valence-corrected chi connectivity index (χ1v) is 6.26. The van der Waals surface area contributed by atoms with Crippen LogP contribution in [-0.2, 0) is 12.8 Å². The van der Waals surface area contributed by atoms with Crippen molar-refractivity contribution in [3.63, 3.8) is 0 Å². The second-order valence-electron chi connectivity index (χ2n) is 4.14. The number of hydrogen-bond acceptors (Lipinski definition) is 4. The molecule has 0 fully saturated rings. The van der Waals surface area contributed by atoms with Crippen LogP contribution < -0.4 is 10.9 Å². The van der Waals surface area contributed by atoms with Crippen molar-refractivity contribution in [2.75, 3.05) is 7.05 Å². The first-order valence-electron chi connectivity index (χ1n) is 5.45. The summed E-state index contributed by atoms with van der Waals surface area (Å²) in [6.45, 7) is 0. The molecular formula is C11H13N3OS. The normalized spacial score (nSPS) is 19.9. The van der Waals surface area contributed by atoms with Crippen molar-refractivity contribution in [3.8, 4) is 0 Å². The van der Waals surface area contributed by atoms with E-state index in [-0.39, 0.29) is 5.56 Å². The van der Waals surface area contributed by atoms with Crippen LogP contribution >= 0.6 is 11.3 Å². The molecule has 84 valence electrons. The molecule has 0 spiro atoms. The Morgan fingerprint density at radius 3 is 3.31 bits per heavy atom. The van der Waals surface area contributed by atoms with Crippen LogP contribution in [0.5, 0.6) is 0 Å². The Hall–Kier alpha value is -1.20. The van der Waals surface area contributed by atoms with Crippen molar-refractivity contribution >= 4 is 21.6 Å². The van der Waals surface area contributed by atoms with Gasteiger partial charge in [0.05, 0.1) is 11.7 Å². The highest BCUT2D eigenvalue weighted by atomic mass is 32.1. The Morgan fingerprint density at radius 1 is 1.62 bits per heavy atom. The van der Waals surface area contributed by atoms with Crippen molar-refractivity contribution in [3.05, 3.63) is 27.1 Å². The minimum absolute atomic E-state index is 0.00501. The quantitative estimate of drug-likeness (QED) is 0.777. The lowest BCUT2D eigenvalue weighted by atomic mass is 9.93. The predicted molar refractivity (Wildman–Crippen MR) is 65.1 cm³/mol. The second kappa shape index (κ2) is 3.68. The van der Waals surface area contributed by atoms with E-state index in [0.29, 0.717) is 6.04 Å². The number of hydrogen-bond donors (Lipinski definition) is 2. The van der Waals surface area contributed by atoms with Crippen LogP contribution in [0.2, 0.25) is 0 Å². The van der Waals surface area contributed by atoms with Crippen LogP contribution in [-0.4, -0.2) is 23.1 Å². The van der Waals surface area contributed by atoms with Crippen LogP contribution in [0.3, 0.4) is 0 Å². The summed E-state index contributed by atoms with van der Waals surface area (Å²) in [4.78, 5) is 20.9. The van der Waals surface area contributed by atoms with Crippen molar-refractivity contribution in [1.29, 1.82) is 0 Å². The first-order chi connectivity index (χ1) is 7.79. The maximum Gasteiger partial charge on any atom is 0.259 e. The number of rotatable bonds is 1. The molecule has 4 nitrogen and oxygen atoms in total. The number of aromatic amines is 1. The molecule has 2 aromatic heterocycles. The number of H-pyrrole nitrogens is 1. The Bertz CT molecular complexity index is 586. The van der Waals surface area contributed by atoms with Gasteiger partial charge in [-0.3, -0.25) is 4.79 Å². The fraction of sp³-hybridized carbons (Fsp3) is 0.455. The average molecular weight is 235 g/mol. The summed E-state index contributed by atoms with van der Waals surface area (Å²) in [5.41, 5.74) is 1.23. The molecule has 16 heavy (non-hydrogen) atoms. The van der Waals surface area contributed by atoms with Crippen LogP contribution in [0.25, 0.3) is 10.2 Å². The van der Waals surface area contributed by atoms with Crippen molar-refractivity contribution in [1.82, 2.24) is 15.3 Å². The fourth-order valence-electron chi connectivity index (χ4n) is 2.36. The van der Waals surface area contributed by atoms with Gasteiger partial charge in [-0.15, -0.1) is 11.3 Å². The number of aryl methyl sites for hydroxylation is 1. The van der Waals surface area contributed by atoms with Crippen LogP contribution in [0.4, 0.5) is 0 Å². The Kier molecular flexibility index (Phi) is 2.29. The maximum atomic E-state index is 11.8. The number of nitrogens with zero attached hydrogens (tertiary/aromatic N) is 1. The van der Waals surface area contributed by atoms with E-state index in [4.69, 9.17) is 0 Å². The van der Waals surface area contributed by atoms with Gasteiger partial charge in [0, 0.05) is 10.9 Å².